The van der Waals surface area contributed by atoms with Gasteiger partial charge in [0.15, 0.2) is 0 Å². The molecule has 0 aliphatic carbocycles. The van der Waals surface area contributed by atoms with Crippen molar-refractivity contribution < 1.29 is 18.9 Å². The van der Waals surface area contributed by atoms with Gasteiger partial charge in [-0.15, -0.1) is 0 Å². The van der Waals surface area contributed by atoms with Gasteiger partial charge in [0.1, 0.15) is 23.0 Å². The summed E-state index contributed by atoms with van der Waals surface area (Å²) in [6.45, 7) is 0. The predicted molar refractivity (Wildman–Crippen MR) is 121 cm³/mol. The van der Waals surface area contributed by atoms with E-state index in [1.807, 2.05) is 72.8 Å². The van der Waals surface area contributed by atoms with Gasteiger partial charge in [-0.05, 0) is 47.2 Å². The molecule has 0 amide bonds. The van der Waals surface area contributed by atoms with E-state index in [2.05, 4.69) is 0 Å². The molecule has 0 atom stereocenters. The molecule has 0 spiro atoms. The van der Waals surface area contributed by atoms with Crippen LogP contribution < -0.4 is 18.9 Å². The maximum absolute atomic E-state index is 5.27. The standard InChI is InChI=1S/2C12H12O2.CH4/c1-13-11-7-3-6-10-9(11)5-4-8-12(10)14-2;1-13-11-5-3-10-8-12(14-2)6-4-9(10)7-11;/h2*3-8H,1-2H3;1H4. The van der Waals surface area contributed by atoms with Crippen molar-refractivity contribution in [2.24, 2.45) is 0 Å². The van der Waals surface area contributed by atoms with E-state index < -0.39 is 0 Å². The van der Waals surface area contributed by atoms with Crippen LogP contribution in [-0.2, 0) is 0 Å². The highest BCUT2D eigenvalue weighted by Crippen LogP contribution is 2.31. The third kappa shape index (κ3) is 4.91. The maximum atomic E-state index is 5.27. The van der Waals surface area contributed by atoms with Crippen molar-refractivity contribution in [2.75, 3.05) is 28.4 Å². The minimum atomic E-state index is 0. The number of hydrogen-bond donors (Lipinski definition) is 0. The molecule has 4 aromatic carbocycles. The number of hydrogen-bond acceptors (Lipinski definition) is 4. The van der Waals surface area contributed by atoms with Gasteiger partial charge >= 0.3 is 0 Å². The second-order valence-corrected chi connectivity index (χ2v) is 6.09. The van der Waals surface area contributed by atoms with E-state index >= 15 is 0 Å². The van der Waals surface area contributed by atoms with Crippen LogP contribution in [0.1, 0.15) is 7.43 Å². The fraction of sp³-hybridized carbons (Fsp3) is 0.200. The zero-order valence-corrected chi connectivity index (χ0v) is 16.6. The number of benzene rings is 4. The number of methoxy groups -OCH3 is 4. The van der Waals surface area contributed by atoms with Crippen molar-refractivity contribution >= 4 is 21.5 Å². The highest BCUT2D eigenvalue weighted by atomic mass is 16.5. The van der Waals surface area contributed by atoms with Gasteiger partial charge in [-0.2, -0.15) is 0 Å². The van der Waals surface area contributed by atoms with Gasteiger partial charge in [0.25, 0.3) is 0 Å². The third-order valence-corrected chi connectivity index (χ3v) is 4.54. The van der Waals surface area contributed by atoms with Gasteiger partial charge in [-0.25, -0.2) is 0 Å². The summed E-state index contributed by atoms with van der Waals surface area (Å²) >= 11 is 0. The molecule has 0 aromatic heterocycles. The van der Waals surface area contributed by atoms with E-state index in [1.165, 1.54) is 0 Å². The highest BCUT2D eigenvalue weighted by Gasteiger charge is 2.04. The van der Waals surface area contributed by atoms with Gasteiger partial charge < -0.3 is 18.9 Å². The Kier molecular flexibility index (Phi) is 7.72. The predicted octanol–water partition coefficient (Wildman–Crippen LogP) is 6.35. The Labute approximate surface area is 172 Å². The van der Waals surface area contributed by atoms with E-state index in [1.54, 1.807) is 28.4 Å². The molecule has 0 unspecified atom stereocenters. The minimum absolute atomic E-state index is 0. The number of fused-ring (bicyclic) bond motifs is 2. The molecule has 0 bridgehead atoms. The Balaban J connectivity index is 0.000000200. The zero-order chi connectivity index (χ0) is 19.9. The Hall–Kier alpha value is -3.40. The smallest absolute Gasteiger partial charge is 0.126 e. The molecule has 4 rings (SSSR count). The fourth-order valence-corrected chi connectivity index (χ4v) is 3.06. The normalized spacial score (nSPS) is 9.79. The van der Waals surface area contributed by atoms with Crippen molar-refractivity contribution in [3.8, 4) is 23.0 Å². The van der Waals surface area contributed by atoms with Gasteiger partial charge in [0.2, 0.25) is 0 Å². The average molecular weight is 392 g/mol. The summed E-state index contributed by atoms with van der Waals surface area (Å²) in [4.78, 5) is 0. The molecule has 4 nitrogen and oxygen atoms in total. The third-order valence-electron chi connectivity index (χ3n) is 4.54. The minimum Gasteiger partial charge on any atom is -0.497 e. The molecule has 0 fully saturated rings. The van der Waals surface area contributed by atoms with Crippen LogP contribution in [0.3, 0.4) is 0 Å². The first-order valence-electron chi connectivity index (χ1n) is 8.91. The molecule has 29 heavy (non-hydrogen) atoms. The Morgan fingerprint density at radius 3 is 1.24 bits per heavy atom. The summed E-state index contributed by atoms with van der Waals surface area (Å²) in [6, 6.07) is 23.8. The molecule has 4 heteroatoms. The van der Waals surface area contributed by atoms with Crippen LogP contribution in [0.5, 0.6) is 23.0 Å². The Bertz CT molecular complexity index is 986. The second-order valence-electron chi connectivity index (χ2n) is 6.09. The summed E-state index contributed by atoms with van der Waals surface area (Å²) in [6.07, 6.45) is 0. The largest absolute Gasteiger partial charge is 0.497 e. The molecular weight excluding hydrogens is 364 g/mol. The van der Waals surface area contributed by atoms with E-state index in [-0.39, 0.29) is 7.43 Å². The van der Waals surface area contributed by atoms with Gasteiger partial charge in [0, 0.05) is 10.8 Å². The summed E-state index contributed by atoms with van der Waals surface area (Å²) in [5.74, 6) is 3.51. The first-order chi connectivity index (χ1) is 13.7. The van der Waals surface area contributed by atoms with Gasteiger partial charge in [0.05, 0.1) is 28.4 Å². The zero-order valence-electron chi connectivity index (χ0n) is 16.6. The lowest BCUT2D eigenvalue weighted by Gasteiger charge is -2.08. The molecule has 0 saturated heterocycles. The molecule has 152 valence electrons. The van der Waals surface area contributed by atoms with Crippen LogP contribution in [0.15, 0.2) is 72.8 Å². The van der Waals surface area contributed by atoms with Crippen molar-refractivity contribution in [3.05, 3.63) is 72.8 Å². The Morgan fingerprint density at radius 1 is 0.483 bits per heavy atom. The molecule has 0 N–H and O–H groups in total. The summed E-state index contributed by atoms with van der Waals surface area (Å²) in [7, 11) is 6.69. The van der Waals surface area contributed by atoms with Crippen LogP contribution >= 0.6 is 0 Å². The molecule has 4 aromatic rings. The van der Waals surface area contributed by atoms with Crippen molar-refractivity contribution in [1.82, 2.24) is 0 Å². The second kappa shape index (κ2) is 10.2. The molecule has 0 heterocycles. The fourth-order valence-electron chi connectivity index (χ4n) is 3.06. The van der Waals surface area contributed by atoms with E-state index in [4.69, 9.17) is 18.9 Å². The quantitative estimate of drug-likeness (QED) is 0.405. The van der Waals surface area contributed by atoms with Crippen LogP contribution in [0.2, 0.25) is 0 Å². The lowest BCUT2D eigenvalue weighted by Crippen LogP contribution is -1.87. The van der Waals surface area contributed by atoms with Crippen LogP contribution in [-0.4, -0.2) is 28.4 Å². The molecule has 0 saturated carbocycles. The van der Waals surface area contributed by atoms with Gasteiger partial charge in [-0.3, -0.25) is 0 Å². The average Bonchev–Trinajstić information content (AvgIpc) is 2.77. The van der Waals surface area contributed by atoms with Crippen molar-refractivity contribution in [2.45, 2.75) is 7.43 Å². The molecule has 0 aliphatic rings. The van der Waals surface area contributed by atoms with Gasteiger partial charge in [-0.1, -0.05) is 43.8 Å². The number of rotatable bonds is 4. The molecular formula is C25H28O4. The van der Waals surface area contributed by atoms with Crippen LogP contribution in [0.4, 0.5) is 0 Å². The molecule has 0 aliphatic heterocycles. The highest BCUT2D eigenvalue weighted by molar-refractivity contribution is 5.93. The van der Waals surface area contributed by atoms with Crippen molar-refractivity contribution in [1.29, 1.82) is 0 Å². The Morgan fingerprint density at radius 2 is 0.897 bits per heavy atom. The SMILES string of the molecule is C.COc1ccc2cc(OC)ccc2c1.COc1cccc2c(OC)cccc12. The monoisotopic (exact) mass is 392 g/mol. The maximum Gasteiger partial charge on any atom is 0.126 e. The van der Waals surface area contributed by atoms with E-state index in [0.717, 1.165) is 44.5 Å². The topological polar surface area (TPSA) is 36.9 Å². The first kappa shape index (κ1) is 21.9. The summed E-state index contributed by atoms with van der Waals surface area (Å²) in [5.41, 5.74) is 0. The van der Waals surface area contributed by atoms with E-state index in [0.29, 0.717) is 0 Å². The van der Waals surface area contributed by atoms with Crippen LogP contribution in [0, 0.1) is 0 Å². The number of ether oxygens (including phenoxy) is 4. The van der Waals surface area contributed by atoms with E-state index in [9.17, 15) is 0 Å². The summed E-state index contributed by atoms with van der Waals surface area (Å²) in [5, 5.41) is 4.47. The lowest BCUT2D eigenvalue weighted by atomic mass is 10.1. The summed E-state index contributed by atoms with van der Waals surface area (Å²) < 4.78 is 20.8. The van der Waals surface area contributed by atoms with Crippen LogP contribution in [0.25, 0.3) is 21.5 Å². The first-order valence-corrected chi connectivity index (χ1v) is 8.91. The lowest BCUT2D eigenvalue weighted by molar-refractivity contribution is 0.414. The van der Waals surface area contributed by atoms with Crippen molar-refractivity contribution in [3.63, 3.8) is 0 Å². The molecule has 0 radical (unpaired) electrons.